The summed E-state index contributed by atoms with van der Waals surface area (Å²) in [5.74, 6) is -1.02. The summed E-state index contributed by atoms with van der Waals surface area (Å²) >= 11 is 4.67. The number of hydrogen-bond acceptors (Lipinski definition) is 4. The molecule has 0 bridgehead atoms. The zero-order chi connectivity index (χ0) is 14.5. The lowest BCUT2D eigenvalue weighted by atomic mass is 10.2. The number of nitrogens with zero attached hydrogens (tertiary/aromatic N) is 1. The Hall–Kier alpha value is -1.93. The van der Waals surface area contributed by atoms with Gasteiger partial charge in [-0.1, -0.05) is 0 Å². The SMILES string of the molecule is O=C(NCc1nccs1)Nc1ccc(C(=O)O)cc1Br. The van der Waals surface area contributed by atoms with Gasteiger partial charge in [-0.25, -0.2) is 14.6 Å². The lowest BCUT2D eigenvalue weighted by Crippen LogP contribution is -2.28. The van der Waals surface area contributed by atoms with Crippen molar-refractivity contribution in [1.29, 1.82) is 0 Å². The molecule has 2 rings (SSSR count). The molecule has 104 valence electrons. The third-order valence-corrected chi connectivity index (χ3v) is 3.78. The van der Waals surface area contributed by atoms with Crippen LogP contribution in [-0.4, -0.2) is 22.1 Å². The van der Waals surface area contributed by atoms with Crippen LogP contribution >= 0.6 is 27.3 Å². The molecule has 8 heteroatoms. The molecule has 0 aliphatic carbocycles. The molecule has 1 aromatic carbocycles. The molecule has 0 saturated carbocycles. The number of thiazole rings is 1. The largest absolute Gasteiger partial charge is 0.478 e. The molecule has 6 nitrogen and oxygen atoms in total. The van der Waals surface area contributed by atoms with Crippen LogP contribution < -0.4 is 10.6 Å². The van der Waals surface area contributed by atoms with Gasteiger partial charge >= 0.3 is 12.0 Å². The maximum atomic E-state index is 11.7. The molecule has 1 aromatic heterocycles. The maximum Gasteiger partial charge on any atom is 0.335 e. The lowest BCUT2D eigenvalue weighted by molar-refractivity contribution is 0.0697. The normalized spacial score (nSPS) is 10.1. The number of anilines is 1. The number of halogens is 1. The Kier molecular flexibility index (Phi) is 4.70. The first-order valence-electron chi connectivity index (χ1n) is 5.52. The van der Waals surface area contributed by atoms with Gasteiger partial charge in [0.25, 0.3) is 0 Å². The Labute approximate surface area is 127 Å². The van der Waals surface area contributed by atoms with Crippen LogP contribution in [0.5, 0.6) is 0 Å². The second-order valence-corrected chi connectivity index (χ2v) is 5.57. The summed E-state index contributed by atoms with van der Waals surface area (Å²) in [4.78, 5) is 26.5. The van der Waals surface area contributed by atoms with Gasteiger partial charge in [0.05, 0.1) is 17.8 Å². The molecule has 0 aliphatic heterocycles. The summed E-state index contributed by atoms with van der Waals surface area (Å²) in [6.07, 6.45) is 1.67. The molecule has 2 aromatic rings. The minimum Gasteiger partial charge on any atom is -0.478 e. The van der Waals surface area contributed by atoms with E-state index in [9.17, 15) is 9.59 Å². The number of benzene rings is 1. The van der Waals surface area contributed by atoms with Crippen molar-refractivity contribution in [3.8, 4) is 0 Å². The Balaban J connectivity index is 1.95. The predicted molar refractivity (Wildman–Crippen MR) is 79.1 cm³/mol. The molecular formula is C12H10BrN3O3S. The summed E-state index contributed by atoms with van der Waals surface area (Å²) in [6, 6.07) is 3.99. The van der Waals surface area contributed by atoms with E-state index >= 15 is 0 Å². The van der Waals surface area contributed by atoms with Gasteiger partial charge in [-0.05, 0) is 34.1 Å². The van der Waals surface area contributed by atoms with E-state index in [0.717, 1.165) is 5.01 Å². The first-order valence-corrected chi connectivity index (χ1v) is 7.19. The second kappa shape index (κ2) is 6.49. The summed E-state index contributed by atoms with van der Waals surface area (Å²) < 4.78 is 0.502. The number of carboxylic acids is 1. The Bertz CT molecular complexity index is 631. The minimum absolute atomic E-state index is 0.144. The van der Waals surface area contributed by atoms with Crippen LogP contribution in [0.4, 0.5) is 10.5 Å². The molecule has 0 atom stereocenters. The Morgan fingerprint density at radius 1 is 1.40 bits per heavy atom. The molecule has 0 saturated heterocycles. The number of rotatable bonds is 4. The number of carbonyl (C=O) groups excluding carboxylic acids is 1. The second-order valence-electron chi connectivity index (χ2n) is 3.73. The van der Waals surface area contributed by atoms with Crippen molar-refractivity contribution in [1.82, 2.24) is 10.3 Å². The van der Waals surface area contributed by atoms with E-state index < -0.39 is 5.97 Å². The van der Waals surface area contributed by atoms with Gasteiger partial charge in [0.15, 0.2) is 0 Å². The van der Waals surface area contributed by atoms with Gasteiger partial charge < -0.3 is 15.7 Å². The summed E-state index contributed by atoms with van der Waals surface area (Å²) in [6.45, 7) is 0.342. The van der Waals surface area contributed by atoms with Crippen molar-refractivity contribution in [2.45, 2.75) is 6.54 Å². The van der Waals surface area contributed by atoms with E-state index in [2.05, 4.69) is 31.5 Å². The molecule has 0 spiro atoms. The van der Waals surface area contributed by atoms with Crippen molar-refractivity contribution in [2.24, 2.45) is 0 Å². The summed E-state index contributed by atoms with van der Waals surface area (Å²) in [5.41, 5.74) is 0.636. The van der Waals surface area contributed by atoms with Gasteiger partial charge in [0, 0.05) is 16.0 Å². The molecule has 3 N–H and O–H groups in total. The molecule has 0 aliphatic rings. The van der Waals surface area contributed by atoms with Crippen LogP contribution in [0.1, 0.15) is 15.4 Å². The number of aromatic carboxylic acids is 1. The average Bonchev–Trinajstić information content (AvgIpc) is 2.91. The highest BCUT2D eigenvalue weighted by Crippen LogP contribution is 2.23. The monoisotopic (exact) mass is 355 g/mol. The number of hydrogen-bond donors (Lipinski definition) is 3. The van der Waals surface area contributed by atoms with E-state index in [4.69, 9.17) is 5.11 Å². The standard InChI is InChI=1S/C12H10BrN3O3S/c13-8-5-7(11(17)18)1-2-9(8)16-12(19)15-6-10-14-3-4-20-10/h1-5H,6H2,(H,17,18)(H2,15,16,19). The zero-order valence-corrected chi connectivity index (χ0v) is 12.5. The highest BCUT2D eigenvalue weighted by Gasteiger charge is 2.09. The molecule has 0 unspecified atom stereocenters. The molecule has 0 radical (unpaired) electrons. The van der Waals surface area contributed by atoms with Crippen molar-refractivity contribution >= 4 is 45.0 Å². The molecule has 1 heterocycles. The van der Waals surface area contributed by atoms with Gasteiger partial charge in [0.2, 0.25) is 0 Å². The van der Waals surface area contributed by atoms with Crippen LogP contribution in [0.3, 0.4) is 0 Å². The number of amides is 2. The summed E-state index contributed by atoms with van der Waals surface area (Å²) in [5, 5.41) is 16.8. The number of carbonyl (C=O) groups is 2. The summed E-state index contributed by atoms with van der Waals surface area (Å²) in [7, 11) is 0. The topological polar surface area (TPSA) is 91.3 Å². The van der Waals surface area contributed by atoms with E-state index in [1.807, 2.05) is 5.38 Å². The van der Waals surface area contributed by atoms with Crippen molar-refractivity contribution in [3.05, 3.63) is 44.8 Å². The van der Waals surface area contributed by atoms with Crippen LogP contribution in [0.15, 0.2) is 34.2 Å². The highest BCUT2D eigenvalue weighted by molar-refractivity contribution is 9.10. The maximum absolute atomic E-state index is 11.7. The fourth-order valence-corrected chi connectivity index (χ4v) is 2.45. The number of carboxylic acid groups (broad SMARTS) is 1. The third-order valence-electron chi connectivity index (χ3n) is 2.35. The number of urea groups is 1. The highest BCUT2D eigenvalue weighted by atomic mass is 79.9. The zero-order valence-electron chi connectivity index (χ0n) is 10.1. The van der Waals surface area contributed by atoms with Crippen molar-refractivity contribution < 1.29 is 14.7 Å². The fourth-order valence-electron chi connectivity index (χ4n) is 1.41. The van der Waals surface area contributed by atoms with Crippen LogP contribution in [-0.2, 0) is 6.54 Å². The molecule has 2 amide bonds. The van der Waals surface area contributed by atoms with Gasteiger partial charge in [-0.3, -0.25) is 0 Å². The third kappa shape index (κ3) is 3.78. The minimum atomic E-state index is -1.02. The van der Waals surface area contributed by atoms with E-state index in [0.29, 0.717) is 16.7 Å². The first kappa shape index (κ1) is 14.5. The van der Waals surface area contributed by atoms with E-state index in [-0.39, 0.29) is 11.6 Å². The number of nitrogens with one attached hydrogen (secondary N) is 2. The van der Waals surface area contributed by atoms with E-state index in [1.165, 1.54) is 29.5 Å². The smallest absolute Gasteiger partial charge is 0.335 e. The average molecular weight is 356 g/mol. The Morgan fingerprint density at radius 3 is 2.80 bits per heavy atom. The van der Waals surface area contributed by atoms with Crippen molar-refractivity contribution in [3.63, 3.8) is 0 Å². The fraction of sp³-hybridized carbons (Fsp3) is 0.0833. The quantitative estimate of drug-likeness (QED) is 0.786. The van der Waals surface area contributed by atoms with E-state index in [1.54, 1.807) is 6.20 Å². The van der Waals surface area contributed by atoms with Crippen LogP contribution in [0.2, 0.25) is 0 Å². The molecule has 0 fully saturated rings. The number of aromatic nitrogens is 1. The Morgan fingerprint density at radius 2 is 2.20 bits per heavy atom. The van der Waals surface area contributed by atoms with Crippen molar-refractivity contribution in [2.75, 3.05) is 5.32 Å². The molecular weight excluding hydrogens is 346 g/mol. The lowest BCUT2D eigenvalue weighted by Gasteiger charge is -2.08. The van der Waals surface area contributed by atoms with Gasteiger partial charge in [0.1, 0.15) is 5.01 Å². The van der Waals surface area contributed by atoms with Crippen LogP contribution in [0.25, 0.3) is 0 Å². The van der Waals surface area contributed by atoms with Gasteiger partial charge in [-0.2, -0.15) is 0 Å². The first-order chi connectivity index (χ1) is 9.56. The predicted octanol–water partition coefficient (Wildman–Crippen LogP) is 2.93. The molecule has 20 heavy (non-hydrogen) atoms. The van der Waals surface area contributed by atoms with Crippen LogP contribution in [0, 0.1) is 0 Å². The van der Waals surface area contributed by atoms with Gasteiger partial charge in [-0.15, -0.1) is 11.3 Å².